The number of H-pyrrole nitrogens is 2. The van der Waals surface area contributed by atoms with Crippen LogP contribution in [0.4, 0.5) is 0 Å². The SMILES string of the molecule is Ic1n[nH]c2c1CCC2.O=C(O)c1n[nH]c2c1CCC2. The average Bonchev–Trinajstić information content (AvgIpc) is 3.11. The van der Waals surface area contributed by atoms with Crippen molar-refractivity contribution in [2.45, 2.75) is 38.5 Å². The van der Waals surface area contributed by atoms with Gasteiger partial charge in [0.25, 0.3) is 0 Å². The molecular formula is C13H15IN4O2. The zero-order valence-corrected chi connectivity index (χ0v) is 13.0. The second-order valence-electron chi connectivity index (χ2n) is 5.01. The molecule has 0 radical (unpaired) electrons. The molecule has 2 aromatic rings. The molecule has 0 bridgehead atoms. The highest BCUT2D eigenvalue weighted by molar-refractivity contribution is 14.1. The smallest absolute Gasteiger partial charge is 0.356 e. The molecule has 2 heterocycles. The number of aryl methyl sites for hydroxylation is 2. The number of aromatic nitrogens is 4. The summed E-state index contributed by atoms with van der Waals surface area (Å²) in [6, 6.07) is 0. The van der Waals surface area contributed by atoms with E-state index >= 15 is 0 Å². The Balaban J connectivity index is 0.000000123. The van der Waals surface area contributed by atoms with Gasteiger partial charge in [-0.05, 0) is 61.1 Å². The number of aromatic carboxylic acids is 1. The van der Waals surface area contributed by atoms with Gasteiger partial charge in [-0.1, -0.05) is 0 Å². The van der Waals surface area contributed by atoms with Gasteiger partial charge >= 0.3 is 5.97 Å². The Kier molecular flexibility index (Phi) is 3.77. The number of carboxylic acid groups (broad SMARTS) is 1. The number of hydrogen-bond acceptors (Lipinski definition) is 3. The summed E-state index contributed by atoms with van der Waals surface area (Å²) in [7, 11) is 0. The second-order valence-corrected chi connectivity index (χ2v) is 6.03. The second kappa shape index (κ2) is 5.55. The lowest BCUT2D eigenvalue weighted by Crippen LogP contribution is -2.00. The molecule has 3 N–H and O–H groups in total. The normalized spacial score (nSPS) is 15.4. The Morgan fingerprint density at radius 2 is 1.60 bits per heavy atom. The number of fused-ring (bicyclic) bond motifs is 2. The maximum atomic E-state index is 10.5. The predicted molar refractivity (Wildman–Crippen MR) is 80.9 cm³/mol. The summed E-state index contributed by atoms with van der Waals surface area (Å²) in [6.07, 6.45) is 6.57. The van der Waals surface area contributed by atoms with Gasteiger partial charge in [-0.15, -0.1) is 0 Å². The number of rotatable bonds is 1. The van der Waals surface area contributed by atoms with Crippen molar-refractivity contribution in [3.63, 3.8) is 0 Å². The lowest BCUT2D eigenvalue weighted by molar-refractivity contribution is 0.0689. The van der Waals surface area contributed by atoms with Crippen LogP contribution >= 0.6 is 22.6 Å². The molecule has 2 aromatic heterocycles. The van der Waals surface area contributed by atoms with Gasteiger partial charge in [0.15, 0.2) is 5.69 Å². The van der Waals surface area contributed by atoms with Crippen molar-refractivity contribution in [3.05, 3.63) is 31.9 Å². The van der Waals surface area contributed by atoms with Crippen molar-refractivity contribution in [3.8, 4) is 0 Å². The van der Waals surface area contributed by atoms with E-state index in [-0.39, 0.29) is 5.69 Å². The summed E-state index contributed by atoms with van der Waals surface area (Å²) in [4.78, 5) is 10.5. The standard InChI is InChI=1S/C7H8N2O2.C6H7IN2/c10-7(11)6-4-2-1-3-5(4)8-9-6;7-6-4-2-1-3-5(4)8-9-6/h1-3H2,(H,8,9)(H,10,11);1-3H2,(H,8,9). The Labute approximate surface area is 129 Å². The van der Waals surface area contributed by atoms with Gasteiger partial charge in [0.05, 0.1) is 0 Å². The Hall–Kier alpha value is -1.38. The third kappa shape index (κ3) is 2.46. The van der Waals surface area contributed by atoms with Crippen molar-refractivity contribution in [2.75, 3.05) is 0 Å². The maximum Gasteiger partial charge on any atom is 0.356 e. The molecule has 4 rings (SSSR count). The third-order valence-corrected chi connectivity index (χ3v) is 4.66. The summed E-state index contributed by atoms with van der Waals surface area (Å²) < 4.78 is 1.17. The van der Waals surface area contributed by atoms with Gasteiger partial charge in [-0.25, -0.2) is 4.79 Å². The monoisotopic (exact) mass is 386 g/mol. The minimum Gasteiger partial charge on any atom is -0.476 e. The first-order valence-corrected chi connectivity index (χ1v) is 7.75. The number of halogens is 1. The molecule has 20 heavy (non-hydrogen) atoms. The van der Waals surface area contributed by atoms with Crippen LogP contribution in [0, 0.1) is 3.70 Å². The summed E-state index contributed by atoms with van der Waals surface area (Å²) >= 11 is 2.28. The summed E-state index contributed by atoms with van der Waals surface area (Å²) in [5, 5.41) is 22.2. The number of carboxylic acids is 1. The van der Waals surface area contributed by atoms with E-state index in [0.29, 0.717) is 0 Å². The van der Waals surface area contributed by atoms with E-state index in [1.807, 2.05) is 0 Å². The molecular weight excluding hydrogens is 371 g/mol. The van der Waals surface area contributed by atoms with Crippen LogP contribution in [0.5, 0.6) is 0 Å². The Morgan fingerprint density at radius 1 is 1.00 bits per heavy atom. The van der Waals surface area contributed by atoms with Gasteiger partial charge in [0.2, 0.25) is 0 Å². The molecule has 6 nitrogen and oxygen atoms in total. The number of nitrogens with one attached hydrogen (secondary N) is 2. The molecule has 106 valence electrons. The van der Waals surface area contributed by atoms with E-state index in [1.165, 1.54) is 34.2 Å². The van der Waals surface area contributed by atoms with E-state index in [0.717, 1.165) is 30.5 Å². The first-order valence-electron chi connectivity index (χ1n) is 6.68. The average molecular weight is 386 g/mol. The zero-order chi connectivity index (χ0) is 14.1. The van der Waals surface area contributed by atoms with E-state index in [4.69, 9.17) is 5.11 Å². The van der Waals surface area contributed by atoms with E-state index in [9.17, 15) is 4.79 Å². The van der Waals surface area contributed by atoms with Crippen LogP contribution < -0.4 is 0 Å². The Morgan fingerprint density at radius 3 is 2.25 bits per heavy atom. The highest BCUT2D eigenvalue weighted by Crippen LogP contribution is 2.23. The molecule has 2 aliphatic rings. The van der Waals surface area contributed by atoms with Crippen molar-refractivity contribution >= 4 is 28.6 Å². The van der Waals surface area contributed by atoms with Gasteiger partial charge in [0, 0.05) is 22.5 Å². The number of carbonyl (C=O) groups is 1. The van der Waals surface area contributed by atoms with E-state index < -0.39 is 5.97 Å². The van der Waals surface area contributed by atoms with Crippen LogP contribution in [0.2, 0.25) is 0 Å². The molecule has 2 aliphatic carbocycles. The summed E-state index contributed by atoms with van der Waals surface area (Å²) in [5.74, 6) is -0.926. The van der Waals surface area contributed by atoms with Crippen molar-refractivity contribution in [2.24, 2.45) is 0 Å². The predicted octanol–water partition coefficient (Wildman–Crippen LogP) is 2.10. The van der Waals surface area contributed by atoms with Crippen LogP contribution in [0.1, 0.15) is 45.8 Å². The number of hydrogen-bond donors (Lipinski definition) is 3. The largest absolute Gasteiger partial charge is 0.476 e. The fourth-order valence-electron chi connectivity index (χ4n) is 2.77. The van der Waals surface area contributed by atoms with Crippen molar-refractivity contribution in [1.29, 1.82) is 0 Å². The molecule has 0 unspecified atom stereocenters. The van der Waals surface area contributed by atoms with Gasteiger partial charge in [0.1, 0.15) is 3.70 Å². The van der Waals surface area contributed by atoms with Crippen molar-refractivity contribution in [1.82, 2.24) is 20.4 Å². The maximum absolute atomic E-state index is 10.5. The van der Waals surface area contributed by atoms with Crippen molar-refractivity contribution < 1.29 is 9.90 Å². The fourth-order valence-corrected chi connectivity index (χ4v) is 3.49. The summed E-state index contributed by atoms with van der Waals surface area (Å²) in [5.41, 5.74) is 4.92. The molecule has 0 aromatic carbocycles. The fraction of sp³-hybridized carbons (Fsp3) is 0.462. The molecule has 0 fully saturated rings. The van der Waals surface area contributed by atoms with Crippen LogP contribution in [0.15, 0.2) is 0 Å². The lowest BCUT2D eigenvalue weighted by Gasteiger charge is -1.88. The topological polar surface area (TPSA) is 94.7 Å². The molecule has 0 spiro atoms. The molecule has 0 aliphatic heterocycles. The van der Waals surface area contributed by atoms with Crippen LogP contribution in [0.3, 0.4) is 0 Å². The molecule has 0 atom stereocenters. The van der Waals surface area contributed by atoms with Crippen LogP contribution in [0.25, 0.3) is 0 Å². The first-order chi connectivity index (χ1) is 9.66. The highest BCUT2D eigenvalue weighted by atomic mass is 127. The van der Waals surface area contributed by atoms with Gasteiger partial charge in [-0.2, -0.15) is 10.2 Å². The molecule has 7 heteroatoms. The third-order valence-electron chi connectivity index (χ3n) is 3.76. The minimum absolute atomic E-state index is 0.206. The first kappa shape index (κ1) is 13.6. The van der Waals surface area contributed by atoms with Crippen LogP contribution in [-0.2, 0) is 25.7 Å². The number of nitrogens with zero attached hydrogens (tertiary/aromatic N) is 2. The van der Waals surface area contributed by atoms with Gasteiger partial charge in [-0.3, -0.25) is 10.2 Å². The summed E-state index contributed by atoms with van der Waals surface area (Å²) in [6.45, 7) is 0. The van der Waals surface area contributed by atoms with Crippen LogP contribution in [-0.4, -0.2) is 31.5 Å². The molecule has 0 saturated carbocycles. The lowest BCUT2D eigenvalue weighted by atomic mass is 10.2. The minimum atomic E-state index is -0.926. The van der Waals surface area contributed by atoms with Gasteiger partial charge < -0.3 is 5.11 Å². The van der Waals surface area contributed by atoms with E-state index in [1.54, 1.807) is 0 Å². The zero-order valence-electron chi connectivity index (χ0n) is 10.9. The number of aromatic amines is 2. The molecule has 0 saturated heterocycles. The Bertz CT molecular complexity index is 647. The van der Waals surface area contributed by atoms with E-state index in [2.05, 4.69) is 43.0 Å². The quantitative estimate of drug-likeness (QED) is 0.655. The highest BCUT2D eigenvalue weighted by Gasteiger charge is 2.22. The molecule has 0 amide bonds.